The molecule has 2 aromatic rings. The van der Waals surface area contributed by atoms with E-state index in [0.29, 0.717) is 17.9 Å². The Hall–Kier alpha value is -1.56. The van der Waals surface area contributed by atoms with Gasteiger partial charge in [-0.2, -0.15) is 4.98 Å². The van der Waals surface area contributed by atoms with Crippen molar-refractivity contribution in [2.75, 3.05) is 5.73 Å². The highest BCUT2D eigenvalue weighted by Crippen LogP contribution is 2.39. The summed E-state index contributed by atoms with van der Waals surface area (Å²) >= 11 is 0. The zero-order valence-electron chi connectivity index (χ0n) is 9.66. The first-order valence-corrected chi connectivity index (χ1v) is 6.94. The van der Waals surface area contributed by atoms with Gasteiger partial charge < -0.3 is 24.4 Å². The van der Waals surface area contributed by atoms with Gasteiger partial charge in [0.2, 0.25) is 5.50 Å². The van der Waals surface area contributed by atoms with E-state index in [9.17, 15) is 14.4 Å². The van der Waals surface area contributed by atoms with E-state index in [4.69, 9.17) is 14.6 Å². The molecule has 4 N–H and O–H groups in total. The summed E-state index contributed by atoms with van der Waals surface area (Å²) in [6.45, 7) is 1.95. The van der Waals surface area contributed by atoms with Crippen molar-refractivity contribution in [2.24, 2.45) is 0 Å². The van der Waals surface area contributed by atoms with Gasteiger partial charge in [0, 0.05) is 6.42 Å². The minimum absolute atomic E-state index is 0.0358. The molecule has 0 aliphatic carbocycles. The third-order valence-corrected chi connectivity index (χ3v) is 3.23. The predicted octanol–water partition coefficient (Wildman–Crippen LogP) is 1.27. The number of hydrogen-bond donors (Lipinski definition) is 3. The number of nitrogens with zero attached hydrogens (tertiary/aromatic N) is 1. The third kappa shape index (κ3) is 2.33. The van der Waals surface area contributed by atoms with Crippen molar-refractivity contribution in [3.63, 3.8) is 0 Å². The van der Waals surface area contributed by atoms with Crippen molar-refractivity contribution in [2.45, 2.75) is 19.8 Å². The van der Waals surface area contributed by atoms with Gasteiger partial charge in [-0.1, -0.05) is 6.92 Å². The van der Waals surface area contributed by atoms with Gasteiger partial charge in [-0.05, 0) is 12.5 Å². The van der Waals surface area contributed by atoms with Crippen LogP contribution in [0, 0.1) is 0 Å². The summed E-state index contributed by atoms with van der Waals surface area (Å²) in [6, 6.07) is 1.40. The van der Waals surface area contributed by atoms with Gasteiger partial charge in [0.15, 0.2) is 0 Å². The van der Waals surface area contributed by atoms with Crippen LogP contribution in [-0.4, -0.2) is 14.8 Å². The lowest BCUT2D eigenvalue weighted by molar-refractivity contribution is 0.377. The van der Waals surface area contributed by atoms with Crippen LogP contribution in [0.15, 0.2) is 21.2 Å². The number of nitrogens with two attached hydrogens (primary N) is 1. The number of hydrogen-bond acceptors (Lipinski definition) is 5. The summed E-state index contributed by atoms with van der Waals surface area (Å²) in [7, 11) is -4.49. The first kappa shape index (κ1) is 12.9. The molecule has 0 bridgehead atoms. The van der Waals surface area contributed by atoms with Gasteiger partial charge >= 0.3 is 7.60 Å². The van der Waals surface area contributed by atoms with Crippen LogP contribution in [0.3, 0.4) is 0 Å². The number of furan rings is 1. The van der Waals surface area contributed by atoms with Crippen LogP contribution in [0.1, 0.15) is 19.1 Å². The summed E-state index contributed by atoms with van der Waals surface area (Å²) < 4.78 is 21.3. The van der Waals surface area contributed by atoms with Crippen LogP contribution in [0.5, 0.6) is 0 Å². The van der Waals surface area contributed by atoms with E-state index in [1.807, 2.05) is 6.92 Å². The fourth-order valence-electron chi connectivity index (χ4n) is 1.68. The molecule has 0 fully saturated rings. The monoisotopic (exact) mass is 272 g/mol. The molecule has 2 rings (SSSR count). The number of rotatable bonds is 4. The molecule has 0 saturated carbocycles. The Morgan fingerprint density at radius 1 is 1.50 bits per heavy atom. The Kier molecular flexibility index (Phi) is 3.30. The second-order valence-corrected chi connectivity index (χ2v) is 5.25. The van der Waals surface area contributed by atoms with E-state index in [0.717, 1.165) is 6.42 Å². The third-order valence-electron chi connectivity index (χ3n) is 2.36. The van der Waals surface area contributed by atoms with Crippen LogP contribution in [0.2, 0.25) is 0 Å². The van der Waals surface area contributed by atoms with Crippen LogP contribution < -0.4 is 11.2 Å². The summed E-state index contributed by atoms with van der Waals surface area (Å²) in [4.78, 5) is 22.3. The van der Waals surface area contributed by atoms with Crippen LogP contribution in [0.4, 0.5) is 6.01 Å². The Bertz CT molecular complexity index is 597. The maximum Gasteiger partial charge on any atom is 0.391 e. The number of anilines is 1. The van der Waals surface area contributed by atoms with Crippen molar-refractivity contribution >= 4 is 19.1 Å². The molecule has 0 amide bonds. The summed E-state index contributed by atoms with van der Waals surface area (Å²) in [5.74, 6) is 0.492. The predicted molar refractivity (Wildman–Crippen MR) is 64.3 cm³/mol. The maximum absolute atomic E-state index is 11.3. The van der Waals surface area contributed by atoms with Gasteiger partial charge in [-0.25, -0.2) is 0 Å². The molecule has 0 radical (unpaired) electrons. The lowest BCUT2D eigenvalue weighted by Crippen LogP contribution is -2.04. The second kappa shape index (κ2) is 4.61. The zero-order valence-corrected chi connectivity index (χ0v) is 10.6. The molecule has 7 nitrogen and oxygen atoms in total. The molecule has 0 aromatic carbocycles. The molecular formula is C10H13N2O5P. The first-order chi connectivity index (χ1) is 8.43. The molecule has 0 unspecified atom stereocenters. The van der Waals surface area contributed by atoms with Crippen molar-refractivity contribution in [1.82, 2.24) is 4.98 Å². The number of oxazole rings is 1. The Morgan fingerprint density at radius 3 is 2.83 bits per heavy atom. The average Bonchev–Trinajstić information content (AvgIpc) is 2.83. The van der Waals surface area contributed by atoms with Gasteiger partial charge in [0.05, 0.1) is 11.8 Å². The summed E-state index contributed by atoms with van der Waals surface area (Å²) in [5, 5.41) is 0. The Morgan fingerprint density at radius 2 is 2.22 bits per heavy atom. The molecule has 2 aromatic heterocycles. The molecule has 0 saturated heterocycles. The van der Waals surface area contributed by atoms with Crippen molar-refractivity contribution in [1.29, 1.82) is 0 Å². The average molecular weight is 272 g/mol. The highest BCUT2D eigenvalue weighted by atomic mass is 31.2. The second-order valence-electron chi connectivity index (χ2n) is 3.76. The minimum atomic E-state index is -4.49. The molecule has 8 heteroatoms. The molecule has 0 aliphatic heterocycles. The molecule has 98 valence electrons. The molecule has 2 heterocycles. The smallest absolute Gasteiger partial charge is 0.391 e. The number of aromatic nitrogens is 1. The standard InChI is InChI=1S/C10H13N2O5P/c1-2-3-7-8(12-10(11)17-7)6-4-5-16-9(6)18(13,14)15/h4-5H,2-3H2,1H3,(H2,11,12)(H2,13,14,15). The Labute approximate surface area is 103 Å². The van der Waals surface area contributed by atoms with Crippen LogP contribution in [0.25, 0.3) is 11.3 Å². The molecule has 0 aliphatic rings. The SMILES string of the molecule is CCCc1oc(N)nc1-c1ccoc1P(=O)(O)O. The lowest BCUT2D eigenvalue weighted by Gasteiger charge is -2.02. The summed E-state index contributed by atoms with van der Waals surface area (Å²) in [6.07, 6.45) is 2.57. The van der Waals surface area contributed by atoms with Gasteiger partial charge in [-0.15, -0.1) is 0 Å². The van der Waals surface area contributed by atoms with E-state index in [-0.39, 0.29) is 11.6 Å². The molecule has 0 spiro atoms. The van der Waals surface area contributed by atoms with E-state index < -0.39 is 13.1 Å². The minimum Gasteiger partial charge on any atom is -0.456 e. The largest absolute Gasteiger partial charge is 0.456 e. The lowest BCUT2D eigenvalue weighted by atomic mass is 10.1. The first-order valence-electron chi connectivity index (χ1n) is 5.32. The van der Waals surface area contributed by atoms with Gasteiger partial charge in [-0.3, -0.25) is 4.57 Å². The normalized spacial score (nSPS) is 11.9. The number of nitrogen functional groups attached to an aromatic ring is 1. The van der Waals surface area contributed by atoms with E-state index >= 15 is 0 Å². The highest BCUT2D eigenvalue weighted by Gasteiger charge is 2.29. The maximum atomic E-state index is 11.3. The van der Waals surface area contributed by atoms with Crippen LogP contribution in [-0.2, 0) is 11.0 Å². The molecule has 0 atom stereocenters. The quantitative estimate of drug-likeness (QED) is 0.716. The van der Waals surface area contributed by atoms with Crippen molar-refractivity contribution in [3.8, 4) is 11.3 Å². The van der Waals surface area contributed by atoms with E-state index in [2.05, 4.69) is 4.98 Å². The van der Waals surface area contributed by atoms with Crippen molar-refractivity contribution in [3.05, 3.63) is 18.1 Å². The summed E-state index contributed by atoms with van der Waals surface area (Å²) in [5.41, 5.74) is 5.59. The fraction of sp³-hybridized carbons (Fsp3) is 0.300. The van der Waals surface area contributed by atoms with Crippen LogP contribution >= 0.6 is 7.60 Å². The Balaban J connectivity index is 2.56. The highest BCUT2D eigenvalue weighted by molar-refractivity contribution is 7.60. The zero-order chi connectivity index (χ0) is 13.3. The van der Waals surface area contributed by atoms with Gasteiger partial charge in [0.1, 0.15) is 11.5 Å². The topological polar surface area (TPSA) is 123 Å². The fourth-order valence-corrected chi connectivity index (χ4v) is 2.38. The van der Waals surface area contributed by atoms with E-state index in [1.165, 1.54) is 12.3 Å². The molecular weight excluding hydrogens is 259 g/mol. The molecule has 18 heavy (non-hydrogen) atoms. The van der Waals surface area contributed by atoms with Gasteiger partial charge in [0.25, 0.3) is 6.01 Å². The van der Waals surface area contributed by atoms with E-state index in [1.54, 1.807) is 0 Å². The number of aryl methyl sites for hydroxylation is 1. The van der Waals surface area contributed by atoms with Crippen molar-refractivity contribution < 1.29 is 23.2 Å².